The maximum atomic E-state index is 12.7. The number of nitrogens with zero attached hydrogens (tertiary/aromatic N) is 2. The van der Waals surface area contributed by atoms with Crippen molar-refractivity contribution in [2.75, 3.05) is 26.9 Å². The van der Waals surface area contributed by atoms with Gasteiger partial charge in [0.1, 0.15) is 0 Å². The molecule has 0 heterocycles. The molecule has 0 aliphatic heterocycles. The summed E-state index contributed by atoms with van der Waals surface area (Å²) in [5, 5.41) is 2.97. The van der Waals surface area contributed by atoms with Crippen LogP contribution >= 0.6 is 0 Å². The van der Waals surface area contributed by atoms with E-state index in [-0.39, 0.29) is 12.2 Å². The number of hydrogen-bond donors (Lipinski definition) is 3. The number of nitrogens with one attached hydrogen (secondary N) is 2. The fourth-order valence-corrected chi connectivity index (χ4v) is 4.30. The van der Waals surface area contributed by atoms with Crippen molar-refractivity contribution in [3.8, 4) is 0 Å². The first-order valence-corrected chi connectivity index (χ1v) is 9.85. The van der Waals surface area contributed by atoms with Crippen molar-refractivity contribution in [3.05, 3.63) is 0 Å². The van der Waals surface area contributed by atoms with E-state index in [0.29, 0.717) is 6.42 Å². The van der Waals surface area contributed by atoms with Crippen LogP contribution in [0.25, 0.3) is 0 Å². The van der Waals surface area contributed by atoms with E-state index >= 15 is 0 Å². The maximum absolute atomic E-state index is 12.7. The van der Waals surface area contributed by atoms with Crippen LogP contribution in [0.3, 0.4) is 0 Å². The summed E-state index contributed by atoms with van der Waals surface area (Å²) in [6, 6.07) is 0. The van der Waals surface area contributed by atoms with E-state index in [1.165, 1.54) is 24.4 Å². The van der Waals surface area contributed by atoms with Crippen molar-refractivity contribution in [2.45, 2.75) is 63.8 Å². The van der Waals surface area contributed by atoms with Crippen LogP contribution in [0, 0.1) is 0 Å². The molecule has 0 aromatic rings. The molecule has 1 atom stereocenters. The SMILES string of the molecule is CCCCCCCCS(=O)(=O)C(N)(CC)N(NC)N(C)NC. The first kappa shape index (κ1) is 21.8. The van der Waals surface area contributed by atoms with Gasteiger partial charge in [0.05, 0.1) is 5.75 Å². The molecule has 0 spiro atoms. The number of rotatable bonds is 13. The van der Waals surface area contributed by atoms with Crippen molar-refractivity contribution >= 4 is 9.84 Å². The van der Waals surface area contributed by atoms with Crippen LogP contribution in [0.2, 0.25) is 0 Å². The molecule has 0 aliphatic carbocycles. The van der Waals surface area contributed by atoms with Crippen molar-refractivity contribution < 1.29 is 8.42 Å². The van der Waals surface area contributed by atoms with E-state index in [0.717, 1.165) is 12.8 Å². The topological polar surface area (TPSA) is 90.7 Å². The standard InChI is InChI=1S/C14H35N5O2S/c1-6-8-9-10-11-12-13-22(20,21)14(15,7-2)19(17-4)18(5)16-3/h16-17H,6-13,15H2,1-5H3. The molecule has 1 unspecified atom stereocenters. The second-order valence-electron chi connectivity index (χ2n) is 5.57. The molecule has 0 aliphatic rings. The van der Waals surface area contributed by atoms with Crippen molar-refractivity contribution in [1.29, 1.82) is 0 Å². The zero-order valence-electron chi connectivity index (χ0n) is 14.9. The maximum Gasteiger partial charge on any atom is 0.201 e. The average Bonchev–Trinajstić information content (AvgIpc) is 2.50. The summed E-state index contributed by atoms with van der Waals surface area (Å²) >= 11 is 0. The lowest BCUT2D eigenvalue weighted by Crippen LogP contribution is -2.71. The molecule has 0 radical (unpaired) electrons. The Morgan fingerprint density at radius 3 is 2.00 bits per heavy atom. The predicted octanol–water partition coefficient (Wildman–Crippen LogP) is 1.20. The Bertz CT molecular complexity index is 391. The van der Waals surface area contributed by atoms with Gasteiger partial charge in [0, 0.05) is 21.1 Å². The summed E-state index contributed by atoms with van der Waals surface area (Å²) in [5.41, 5.74) is 12.0. The van der Waals surface area contributed by atoms with Gasteiger partial charge >= 0.3 is 0 Å². The average molecular weight is 338 g/mol. The zero-order chi connectivity index (χ0) is 17.2. The summed E-state index contributed by atoms with van der Waals surface area (Å²) < 4.78 is 25.5. The van der Waals surface area contributed by atoms with Gasteiger partial charge < -0.3 is 0 Å². The fraction of sp³-hybridized carbons (Fsp3) is 1.00. The summed E-state index contributed by atoms with van der Waals surface area (Å²) in [7, 11) is 1.61. The van der Waals surface area contributed by atoms with Crippen LogP contribution in [0.15, 0.2) is 0 Å². The number of nitrogens with two attached hydrogens (primary N) is 1. The molecule has 22 heavy (non-hydrogen) atoms. The van der Waals surface area contributed by atoms with Crippen LogP contribution < -0.4 is 16.6 Å². The monoisotopic (exact) mass is 337 g/mol. The smallest absolute Gasteiger partial charge is 0.201 e. The zero-order valence-corrected chi connectivity index (χ0v) is 15.7. The van der Waals surface area contributed by atoms with Gasteiger partial charge in [0.2, 0.25) is 4.99 Å². The summed E-state index contributed by atoms with van der Waals surface area (Å²) in [4.78, 5) is -1.47. The van der Waals surface area contributed by atoms with Gasteiger partial charge in [0.15, 0.2) is 9.84 Å². The normalized spacial score (nSPS) is 15.5. The number of hydrazine groups is 3. The van der Waals surface area contributed by atoms with Crippen molar-refractivity contribution in [3.63, 3.8) is 0 Å². The van der Waals surface area contributed by atoms with Gasteiger partial charge in [-0.25, -0.2) is 19.3 Å². The molecule has 8 heteroatoms. The Hall–Kier alpha value is -0.250. The highest BCUT2D eigenvalue weighted by Gasteiger charge is 2.45. The molecule has 134 valence electrons. The minimum atomic E-state index is -3.47. The highest BCUT2D eigenvalue weighted by molar-refractivity contribution is 7.92. The van der Waals surface area contributed by atoms with E-state index in [1.807, 2.05) is 0 Å². The van der Waals surface area contributed by atoms with Crippen molar-refractivity contribution in [1.82, 2.24) is 21.1 Å². The first-order chi connectivity index (χ1) is 10.3. The Balaban J connectivity index is 4.80. The first-order valence-electron chi connectivity index (χ1n) is 8.20. The highest BCUT2D eigenvalue weighted by atomic mass is 32.2. The second kappa shape index (κ2) is 10.5. The van der Waals surface area contributed by atoms with Crippen LogP contribution in [0.1, 0.15) is 58.8 Å². The number of sulfone groups is 1. The molecule has 0 aromatic carbocycles. The third kappa shape index (κ3) is 5.75. The van der Waals surface area contributed by atoms with Crippen molar-refractivity contribution in [2.24, 2.45) is 5.73 Å². The molecule has 0 amide bonds. The summed E-state index contributed by atoms with van der Waals surface area (Å²) in [5.74, 6) is 0.110. The van der Waals surface area contributed by atoms with Gasteiger partial charge in [0.25, 0.3) is 0 Å². The van der Waals surface area contributed by atoms with Crippen LogP contribution in [0.4, 0.5) is 0 Å². The molecule has 0 bridgehead atoms. The molecular formula is C14H35N5O2S. The molecule has 0 saturated carbocycles. The number of hydrogen-bond acceptors (Lipinski definition) is 7. The van der Waals surface area contributed by atoms with Gasteiger partial charge in [-0.15, -0.1) is 5.12 Å². The van der Waals surface area contributed by atoms with Crippen LogP contribution in [-0.2, 0) is 9.84 Å². The summed E-state index contributed by atoms with van der Waals surface area (Å²) in [6.45, 7) is 3.95. The molecule has 0 saturated heterocycles. The molecule has 4 N–H and O–H groups in total. The lowest BCUT2D eigenvalue weighted by molar-refractivity contribution is -0.125. The molecule has 0 rings (SSSR count). The Labute approximate surface area is 136 Å². The Morgan fingerprint density at radius 2 is 1.55 bits per heavy atom. The second-order valence-corrected chi connectivity index (χ2v) is 7.91. The van der Waals surface area contributed by atoms with E-state index in [2.05, 4.69) is 17.8 Å². The molecular weight excluding hydrogens is 302 g/mol. The quantitative estimate of drug-likeness (QED) is 0.264. The van der Waals surface area contributed by atoms with Crippen LogP contribution in [0.5, 0.6) is 0 Å². The Kier molecular flexibility index (Phi) is 10.4. The minimum absolute atomic E-state index is 0.110. The van der Waals surface area contributed by atoms with Gasteiger partial charge in [-0.05, 0) is 12.8 Å². The largest absolute Gasteiger partial charge is 0.298 e. The third-order valence-corrected chi connectivity index (χ3v) is 6.37. The van der Waals surface area contributed by atoms with Gasteiger partial charge in [-0.3, -0.25) is 5.73 Å². The van der Waals surface area contributed by atoms with E-state index < -0.39 is 14.8 Å². The highest BCUT2D eigenvalue weighted by Crippen LogP contribution is 2.22. The lowest BCUT2D eigenvalue weighted by Gasteiger charge is -2.42. The molecule has 0 fully saturated rings. The van der Waals surface area contributed by atoms with E-state index in [4.69, 9.17) is 5.73 Å². The fourth-order valence-electron chi connectivity index (χ4n) is 2.44. The third-order valence-electron chi connectivity index (χ3n) is 4.01. The molecule has 0 aromatic heterocycles. The van der Waals surface area contributed by atoms with Crippen LogP contribution in [-0.4, -0.2) is 50.5 Å². The Morgan fingerprint density at radius 1 is 1.00 bits per heavy atom. The number of unbranched alkanes of at least 4 members (excludes halogenated alkanes) is 5. The minimum Gasteiger partial charge on any atom is -0.298 e. The van der Waals surface area contributed by atoms with Gasteiger partial charge in [-0.2, -0.15) is 5.12 Å². The van der Waals surface area contributed by atoms with E-state index in [9.17, 15) is 8.42 Å². The predicted molar refractivity (Wildman–Crippen MR) is 92.1 cm³/mol. The molecule has 7 nitrogen and oxygen atoms in total. The van der Waals surface area contributed by atoms with E-state index in [1.54, 1.807) is 33.2 Å². The summed E-state index contributed by atoms with van der Waals surface area (Å²) in [6.07, 6.45) is 6.53. The lowest BCUT2D eigenvalue weighted by atomic mass is 10.1. The van der Waals surface area contributed by atoms with Gasteiger partial charge in [-0.1, -0.05) is 46.0 Å².